The fourth-order valence-electron chi connectivity index (χ4n) is 4.29. The van der Waals surface area contributed by atoms with Gasteiger partial charge in [0.2, 0.25) is 0 Å². The second-order valence-electron chi connectivity index (χ2n) is 9.92. The molecular weight excluding hydrogens is 596 g/mol. The first kappa shape index (κ1) is 31.5. The topological polar surface area (TPSA) is 126 Å². The van der Waals surface area contributed by atoms with Crippen molar-refractivity contribution in [1.29, 1.82) is 0 Å². The molecule has 0 fully saturated rings. The molecule has 4 rings (SSSR count). The van der Waals surface area contributed by atoms with Crippen LogP contribution in [-0.2, 0) is 18.3 Å². The molecule has 3 atom stereocenters. The van der Waals surface area contributed by atoms with Crippen molar-refractivity contribution in [3.8, 4) is 11.4 Å². The number of benzene rings is 1. The number of aromatic amines is 1. The van der Waals surface area contributed by atoms with E-state index >= 15 is 0 Å². The summed E-state index contributed by atoms with van der Waals surface area (Å²) in [7, 11) is 0. The van der Waals surface area contributed by atoms with Gasteiger partial charge >= 0.3 is 12.4 Å². The van der Waals surface area contributed by atoms with E-state index in [9.17, 15) is 49.8 Å². The van der Waals surface area contributed by atoms with Gasteiger partial charge in [0.05, 0.1) is 29.4 Å². The Morgan fingerprint density at radius 2 is 1.72 bits per heavy atom. The molecule has 3 aromatic heterocycles. The summed E-state index contributed by atoms with van der Waals surface area (Å²) < 4.78 is 110. The number of pyridine rings is 1. The van der Waals surface area contributed by atoms with E-state index in [2.05, 4.69) is 20.4 Å². The number of rotatable bonds is 8. The van der Waals surface area contributed by atoms with Crippen LogP contribution < -0.4 is 16.4 Å². The summed E-state index contributed by atoms with van der Waals surface area (Å²) in [5.74, 6) is -1.32. The van der Waals surface area contributed by atoms with Gasteiger partial charge in [-0.2, -0.15) is 31.4 Å². The number of anilines is 1. The molecule has 3 N–H and O–H groups in total. The number of alkyl halides is 7. The first-order valence-electron chi connectivity index (χ1n) is 12.4. The summed E-state index contributed by atoms with van der Waals surface area (Å²) in [6, 6.07) is 2.44. The Kier molecular flexibility index (Phi) is 8.32. The molecule has 230 valence electrons. The average Bonchev–Trinajstić information content (AvgIpc) is 2.89. The molecule has 0 aliphatic rings. The molecular formula is C26H22F8N6O3. The third kappa shape index (κ3) is 6.50. The highest BCUT2D eigenvalue weighted by molar-refractivity contribution is 5.86. The number of halogens is 8. The first-order valence-corrected chi connectivity index (χ1v) is 12.4. The zero-order valence-electron chi connectivity index (χ0n) is 22.2. The van der Waals surface area contributed by atoms with E-state index < -0.39 is 70.5 Å². The third-order valence-corrected chi connectivity index (χ3v) is 6.62. The SMILES string of the molecule is C[C@@H](C[C@H](F)Cn1ccc2cc(-c3ncc([C@](C)(O)C(F)(F)F)cn3)c(F)cc2c1=O)Nc1cn[nH]c(=O)c1C(F)(F)F. The van der Waals surface area contributed by atoms with Crippen LogP contribution in [0.4, 0.5) is 40.8 Å². The van der Waals surface area contributed by atoms with Crippen molar-refractivity contribution in [2.45, 2.75) is 57.0 Å². The van der Waals surface area contributed by atoms with E-state index in [1.807, 2.05) is 0 Å². The highest BCUT2D eigenvalue weighted by Crippen LogP contribution is 2.38. The maximum Gasteiger partial charge on any atom is 0.423 e. The van der Waals surface area contributed by atoms with Gasteiger partial charge in [-0.05, 0) is 37.4 Å². The molecule has 4 aromatic rings. The second kappa shape index (κ2) is 11.3. The van der Waals surface area contributed by atoms with Crippen LogP contribution in [0.15, 0.2) is 52.6 Å². The Morgan fingerprint density at radius 1 is 1.07 bits per heavy atom. The quantitative estimate of drug-likeness (QED) is 0.245. The number of aromatic nitrogens is 5. The number of nitrogens with zero attached hydrogens (tertiary/aromatic N) is 4. The van der Waals surface area contributed by atoms with Crippen LogP contribution in [0, 0.1) is 5.82 Å². The summed E-state index contributed by atoms with van der Waals surface area (Å²) in [6.07, 6.45) is -8.79. The number of nitrogens with one attached hydrogen (secondary N) is 2. The minimum Gasteiger partial charge on any atom is -0.381 e. The number of aliphatic hydroxyl groups is 1. The lowest BCUT2D eigenvalue weighted by Crippen LogP contribution is -2.39. The number of H-pyrrole nitrogens is 1. The summed E-state index contributed by atoms with van der Waals surface area (Å²) in [5, 5.41) is 17.2. The predicted octanol–water partition coefficient (Wildman–Crippen LogP) is 4.70. The maximum atomic E-state index is 15.0. The fourth-order valence-corrected chi connectivity index (χ4v) is 4.29. The summed E-state index contributed by atoms with van der Waals surface area (Å²) >= 11 is 0. The third-order valence-electron chi connectivity index (χ3n) is 6.62. The van der Waals surface area contributed by atoms with E-state index in [0.29, 0.717) is 19.3 Å². The Bertz CT molecular complexity index is 1750. The second-order valence-corrected chi connectivity index (χ2v) is 9.92. The summed E-state index contributed by atoms with van der Waals surface area (Å²) in [4.78, 5) is 32.0. The normalized spacial score (nSPS) is 15.2. The van der Waals surface area contributed by atoms with Gasteiger partial charge < -0.3 is 15.0 Å². The molecule has 9 nitrogen and oxygen atoms in total. The molecule has 0 spiro atoms. The van der Waals surface area contributed by atoms with Gasteiger partial charge in [0, 0.05) is 36.6 Å². The van der Waals surface area contributed by atoms with Crippen molar-refractivity contribution in [3.63, 3.8) is 0 Å². The first-order chi connectivity index (χ1) is 19.9. The molecule has 0 aliphatic heterocycles. The zero-order valence-corrected chi connectivity index (χ0v) is 22.2. The minimum atomic E-state index is -5.02. The molecule has 0 saturated heterocycles. The maximum absolute atomic E-state index is 15.0. The Labute approximate surface area is 236 Å². The molecule has 17 heteroatoms. The van der Waals surface area contributed by atoms with Gasteiger partial charge in [-0.15, -0.1) is 0 Å². The lowest BCUT2D eigenvalue weighted by molar-refractivity contribution is -0.259. The molecule has 0 bridgehead atoms. The van der Waals surface area contributed by atoms with Gasteiger partial charge in [0.15, 0.2) is 11.4 Å². The molecule has 0 amide bonds. The van der Waals surface area contributed by atoms with Crippen LogP contribution >= 0.6 is 0 Å². The molecule has 0 radical (unpaired) electrons. The standard InChI is InChI=1S/C26H22F8N6O3/c1-12(38-19-10-37-39-22(41)20(19)25(29,30)31)5-15(27)11-40-4-3-13-6-17(18(28)7-16(13)23(40)42)21-35-8-14(9-36-21)24(2,43)26(32,33)34/h3-4,6-10,12,15,43H,5,11H2,1-2H3,(H2,38,39,41)/t12-,15-,24-/m0/s1. The van der Waals surface area contributed by atoms with Gasteiger partial charge in [-0.1, -0.05) is 0 Å². The van der Waals surface area contributed by atoms with Crippen LogP contribution in [0.2, 0.25) is 0 Å². The van der Waals surface area contributed by atoms with Crippen LogP contribution in [0.25, 0.3) is 22.2 Å². The molecule has 3 heterocycles. The lowest BCUT2D eigenvalue weighted by Gasteiger charge is -2.25. The van der Waals surface area contributed by atoms with E-state index in [1.165, 1.54) is 25.3 Å². The Hall–Kier alpha value is -4.41. The monoisotopic (exact) mass is 618 g/mol. The van der Waals surface area contributed by atoms with E-state index in [0.717, 1.165) is 16.8 Å². The Balaban J connectivity index is 1.52. The van der Waals surface area contributed by atoms with Crippen molar-refractivity contribution in [2.24, 2.45) is 0 Å². The minimum absolute atomic E-state index is 0.164. The van der Waals surface area contributed by atoms with Crippen LogP contribution in [0.1, 0.15) is 31.4 Å². The highest BCUT2D eigenvalue weighted by atomic mass is 19.4. The fraction of sp³-hybridized carbons (Fsp3) is 0.346. The van der Waals surface area contributed by atoms with Crippen molar-refractivity contribution in [1.82, 2.24) is 24.7 Å². The Morgan fingerprint density at radius 3 is 2.33 bits per heavy atom. The number of hydrogen-bond acceptors (Lipinski definition) is 7. The highest BCUT2D eigenvalue weighted by Gasteiger charge is 2.51. The van der Waals surface area contributed by atoms with E-state index in [4.69, 9.17) is 0 Å². The molecule has 43 heavy (non-hydrogen) atoms. The average molecular weight is 618 g/mol. The smallest absolute Gasteiger partial charge is 0.381 e. The van der Waals surface area contributed by atoms with Gasteiger partial charge in [-0.25, -0.2) is 23.8 Å². The van der Waals surface area contributed by atoms with Crippen molar-refractivity contribution < 1.29 is 40.2 Å². The van der Waals surface area contributed by atoms with Crippen molar-refractivity contribution >= 4 is 16.5 Å². The largest absolute Gasteiger partial charge is 0.423 e. The molecule has 0 saturated carbocycles. The lowest BCUT2D eigenvalue weighted by atomic mass is 9.98. The van der Waals surface area contributed by atoms with Crippen LogP contribution in [0.3, 0.4) is 0 Å². The molecule has 1 aromatic carbocycles. The predicted molar refractivity (Wildman–Crippen MR) is 137 cm³/mol. The van der Waals surface area contributed by atoms with E-state index in [-0.39, 0.29) is 28.6 Å². The number of fused-ring (bicyclic) bond motifs is 1. The number of hydrogen-bond donors (Lipinski definition) is 3. The van der Waals surface area contributed by atoms with Gasteiger partial charge in [0.25, 0.3) is 11.1 Å². The van der Waals surface area contributed by atoms with Gasteiger partial charge in [0.1, 0.15) is 17.6 Å². The van der Waals surface area contributed by atoms with Crippen LogP contribution in [0.5, 0.6) is 0 Å². The van der Waals surface area contributed by atoms with Crippen LogP contribution in [-0.4, -0.2) is 48.2 Å². The molecule has 0 unspecified atom stereocenters. The van der Waals surface area contributed by atoms with Crippen molar-refractivity contribution in [3.05, 3.63) is 80.6 Å². The summed E-state index contributed by atoms with van der Waals surface area (Å²) in [6.45, 7) is 1.35. The summed E-state index contributed by atoms with van der Waals surface area (Å²) in [5.41, 5.74) is -8.60. The van der Waals surface area contributed by atoms with Gasteiger partial charge in [-0.3, -0.25) is 9.59 Å². The molecule has 0 aliphatic carbocycles. The van der Waals surface area contributed by atoms with Crippen molar-refractivity contribution in [2.75, 3.05) is 5.32 Å². The van der Waals surface area contributed by atoms with E-state index in [1.54, 1.807) is 5.10 Å². The zero-order chi connectivity index (χ0) is 31.9.